The predicted octanol–water partition coefficient (Wildman–Crippen LogP) is 11.1. The molecule has 1 aliphatic carbocycles. The number of benzene rings is 4. The van der Waals surface area contributed by atoms with Crippen molar-refractivity contribution in [2.75, 3.05) is 0 Å². The molecule has 2 atom stereocenters. The van der Waals surface area contributed by atoms with Crippen LogP contribution in [0.15, 0.2) is 84.0 Å². The van der Waals surface area contributed by atoms with E-state index < -0.39 is 0 Å². The third-order valence-electron chi connectivity index (χ3n) is 11.2. The zero-order valence-corrected chi connectivity index (χ0v) is 32.8. The van der Waals surface area contributed by atoms with Crippen molar-refractivity contribution in [1.82, 2.24) is 14.1 Å². The third-order valence-corrected chi connectivity index (χ3v) is 11.2. The molecule has 3 aromatic heterocycles. The summed E-state index contributed by atoms with van der Waals surface area (Å²) in [6.45, 7) is 15.7. The molecule has 9 rings (SSSR count). The van der Waals surface area contributed by atoms with E-state index in [9.17, 15) is 0 Å². The van der Waals surface area contributed by atoms with Crippen LogP contribution >= 0.6 is 0 Å². The van der Waals surface area contributed by atoms with Crippen LogP contribution in [0.2, 0.25) is 0 Å². The van der Waals surface area contributed by atoms with E-state index in [0.29, 0.717) is 5.92 Å². The molecule has 0 amide bonds. The van der Waals surface area contributed by atoms with Gasteiger partial charge in [0.2, 0.25) is 0 Å². The fourth-order valence-corrected chi connectivity index (χ4v) is 8.25. The summed E-state index contributed by atoms with van der Waals surface area (Å²) in [7, 11) is 0. The average molecular weight is 852 g/mol. The Morgan fingerprint density at radius 1 is 0.843 bits per heavy atom. The Bertz CT molecular complexity index is 2530. The summed E-state index contributed by atoms with van der Waals surface area (Å²) in [6.07, 6.45) is 6.41. The minimum Gasteiger partial charge on any atom is -0.512 e. The normalized spacial score (nSPS) is 19.1. The Morgan fingerprint density at radius 2 is 1.63 bits per heavy atom. The molecule has 2 aliphatic rings. The Kier molecular flexibility index (Phi) is 8.11. The van der Waals surface area contributed by atoms with Gasteiger partial charge >= 0.3 is 21.1 Å². The summed E-state index contributed by atoms with van der Waals surface area (Å²) in [4.78, 5) is 10.1. The fraction of sp³-hybridized carbons (Fsp3) is 0.333. The van der Waals surface area contributed by atoms with E-state index in [1.807, 2.05) is 12.3 Å². The van der Waals surface area contributed by atoms with Crippen LogP contribution in [-0.2, 0) is 31.2 Å². The number of aryl methyl sites for hydroxylation is 1. The Hall–Kier alpha value is -4.21. The molecule has 1 saturated carbocycles. The van der Waals surface area contributed by atoms with Gasteiger partial charge in [0.1, 0.15) is 17.1 Å². The molecule has 4 aromatic carbocycles. The van der Waals surface area contributed by atoms with Gasteiger partial charge < -0.3 is 13.9 Å². The van der Waals surface area contributed by atoms with E-state index in [-0.39, 0.29) is 38.1 Å². The van der Waals surface area contributed by atoms with Gasteiger partial charge in [-0.2, -0.15) is 6.07 Å². The molecule has 7 aromatic rings. The van der Waals surface area contributed by atoms with Crippen molar-refractivity contribution in [2.45, 2.75) is 97.1 Å². The molecule has 5 nitrogen and oxygen atoms in total. The number of ether oxygens (including phenoxy) is 1. The second kappa shape index (κ2) is 12.2. The first-order valence-electron chi connectivity index (χ1n) is 18.2. The SMILES string of the molecule is Cc1ccc2c(c1)c1ccc(-n3c4ccc(C(C)(C)C)cc4c4cccnc43)[c-]c1n2-c1[c-]c(C2=N[C@@H]3CCCC[C@]3(C)O2)cc(C(C)C)c1.[Pt+2]. The Labute approximate surface area is 315 Å². The molecule has 0 saturated heterocycles. The zero-order valence-electron chi connectivity index (χ0n) is 30.5. The quantitative estimate of drug-likeness (QED) is 0.166. The predicted molar refractivity (Wildman–Crippen MR) is 206 cm³/mol. The van der Waals surface area contributed by atoms with Gasteiger partial charge in [-0.25, -0.2) is 4.98 Å². The van der Waals surface area contributed by atoms with Crippen molar-refractivity contribution in [3.63, 3.8) is 0 Å². The molecule has 260 valence electrons. The smallest absolute Gasteiger partial charge is 0.512 e. The molecular formula is C45H44N4OPt. The van der Waals surface area contributed by atoms with Crippen molar-refractivity contribution < 1.29 is 25.8 Å². The molecule has 4 heterocycles. The number of fused-ring (bicyclic) bond motifs is 7. The van der Waals surface area contributed by atoms with Crippen molar-refractivity contribution in [3.05, 3.63) is 113 Å². The molecular weight excluding hydrogens is 808 g/mol. The second-order valence-corrected chi connectivity index (χ2v) is 16.1. The van der Waals surface area contributed by atoms with Gasteiger partial charge in [-0.1, -0.05) is 81.6 Å². The van der Waals surface area contributed by atoms with Gasteiger partial charge in [-0.15, -0.1) is 41.3 Å². The maximum atomic E-state index is 6.71. The fourth-order valence-electron chi connectivity index (χ4n) is 8.25. The summed E-state index contributed by atoms with van der Waals surface area (Å²) < 4.78 is 11.3. The van der Waals surface area contributed by atoms with Crippen LogP contribution in [0, 0.1) is 19.1 Å². The number of aliphatic imine (C=N–C) groups is 1. The van der Waals surface area contributed by atoms with Gasteiger partial charge in [0.15, 0.2) is 0 Å². The summed E-state index contributed by atoms with van der Waals surface area (Å²) in [5.74, 6) is 1.05. The van der Waals surface area contributed by atoms with Crippen LogP contribution in [-0.4, -0.2) is 31.7 Å². The standard InChI is InChI=1S/C45H44N4O.Pt/c1-27(2)29-22-30(43-47-41-12-8-9-19-45(41,7)50-43)24-33(23-29)48-38-17-13-28(3)21-36(38)34-16-15-32(26-40(34)48)49-39-18-14-31(44(4,5)6)25-37(39)35-11-10-20-46-42(35)49;/h10-11,13-18,20-23,25,27,41H,8-9,12,19H2,1-7H3;/q-2;+2/t41-,45+;/m1./s1. The minimum atomic E-state index is -0.230. The van der Waals surface area contributed by atoms with E-state index in [1.165, 1.54) is 40.3 Å². The van der Waals surface area contributed by atoms with Crippen molar-refractivity contribution in [2.24, 2.45) is 4.99 Å². The van der Waals surface area contributed by atoms with Crippen LogP contribution in [0.4, 0.5) is 0 Å². The summed E-state index contributed by atoms with van der Waals surface area (Å²) in [6, 6.07) is 34.7. The number of rotatable bonds is 4. The van der Waals surface area contributed by atoms with Crippen molar-refractivity contribution >= 4 is 49.6 Å². The molecule has 0 unspecified atom stereocenters. The number of pyridine rings is 1. The van der Waals surface area contributed by atoms with Crippen molar-refractivity contribution in [3.8, 4) is 11.4 Å². The third kappa shape index (κ3) is 5.46. The second-order valence-electron chi connectivity index (χ2n) is 16.1. The maximum absolute atomic E-state index is 6.71. The Morgan fingerprint density at radius 3 is 2.41 bits per heavy atom. The molecule has 0 radical (unpaired) electrons. The maximum Gasteiger partial charge on any atom is 2.00 e. The largest absolute Gasteiger partial charge is 2.00 e. The first kappa shape index (κ1) is 33.9. The molecule has 0 N–H and O–H groups in total. The molecule has 1 aliphatic heterocycles. The minimum absolute atomic E-state index is 0. The van der Waals surface area contributed by atoms with Gasteiger partial charge in [0.25, 0.3) is 0 Å². The summed E-state index contributed by atoms with van der Waals surface area (Å²) in [5.41, 5.74) is 10.7. The molecule has 0 bridgehead atoms. The van der Waals surface area contributed by atoms with Gasteiger partial charge in [-0.05, 0) is 91.4 Å². The van der Waals surface area contributed by atoms with E-state index in [4.69, 9.17) is 14.7 Å². The molecule has 6 heteroatoms. The summed E-state index contributed by atoms with van der Waals surface area (Å²) in [5, 5.41) is 4.72. The van der Waals surface area contributed by atoms with Gasteiger partial charge in [0, 0.05) is 22.5 Å². The molecule has 51 heavy (non-hydrogen) atoms. The molecule has 1 fully saturated rings. The van der Waals surface area contributed by atoms with Crippen LogP contribution in [0.5, 0.6) is 0 Å². The van der Waals surface area contributed by atoms with E-state index in [0.717, 1.165) is 68.6 Å². The molecule has 0 spiro atoms. The Balaban J connectivity index is 0.00000374. The number of aromatic nitrogens is 3. The van der Waals surface area contributed by atoms with Crippen LogP contribution in [0.25, 0.3) is 55.1 Å². The van der Waals surface area contributed by atoms with Crippen LogP contribution in [0.3, 0.4) is 0 Å². The van der Waals surface area contributed by atoms with E-state index in [1.54, 1.807) is 0 Å². The zero-order chi connectivity index (χ0) is 34.5. The number of hydrogen-bond donors (Lipinski definition) is 0. The number of nitrogens with zero attached hydrogens (tertiary/aromatic N) is 4. The van der Waals surface area contributed by atoms with E-state index in [2.05, 4.69) is 136 Å². The van der Waals surface area contributed by atoms with Gasteiger partial charge in [0.05, 0.1) is 11.6 Å². The van der Waals surface area contributed by atoms with Crippen LogP contribution in [0.1, 0.15) is 95.4 Å². The summed E-state index contributed by atoms with van der Waals surface area (Å²) >= 11 is 0. The van der Waals surface area contributed by atoms with Crippen molar-refractivity contribution in [1.29, 1.82) is 0 Å². The first-order valence-corrected chi connectivity index (χ1v) is 18.2. The number of hydrogen-bond acceptors (Lipinski definition) is 3. The first-order chi connectivity index (χ1) is 24.0. The topological polar surface area (TPSA) is 44.3 Å². The monoisotopic (exact) mass is 851 g/mol. The van der Waals surface area contributed by atoms with Gasteiger partial charge in [-0.3, -0.25) is 4.99 Å². The van der Waals surface area contributed by atoms with Crippen LogP contribution < -0.4 is 0 Å². The van der Waals surface area contributed by atoms with E-state index >= 15 is 0 Å². The average Bonchev–Trinajstić information content (AvgIpc) is 3.74.